The first-order valence-electron chi connectivity index (χ1n) is 6.76. The van der Waals surface area contributed by atoms with Crippen molar-refractivity contribution in [3.8, 4) is 0 Å². The predicted molar refractivity (Wildman–Crippen MR) is 80.9 cm³/mol. The summed E-state index contributed by atoms with van der Waals surface area (Å²) in [5, 5.41) is 0.317. The normalized spacial score (nSPS) is 10.8. The maximum absolute atomic E-state index is 12.7. The van der Waals surface area contributed by atoms with Crippen LogP contribution in [0.15, 0.2) is 12.3 Å². The summed E-state index contributed by atoms with van der Waals surface area (Å²) in [6.07, 6.45) is 3.17. The lowest BCUT2D eigenvalue weighted by Gasteiger charge is -2.30. The quantitative estimate of drug-likeness (QED) is 0.840. The largest absolute Gasteiger partial charge is 0.384 e. The Balaban J connectivity index is 3.05. The van der Waals surface area contributed by atoms with Crippen LogP contribution in [0, 0.1) is 0 Å². The third-order valence-corrected chi connectivity index (χ3v) is 3.59. The van der Waals surface area contributed by atoms with Crippen molar-refractivity contribution < 1.29 is 9.53 Å². The molecule has 20 heavy (non-hydrogen) atoms. The number of methoxy groups -OCH3 is 1. The molecule has 112 valence electrons. The molecule has 0 aliphatic rings. The van der Waals surface area contributed by atoms with E-state index in [2.05, 4.69) is 18.8 Å². The Morgan fingerprint density at radius 2 is 2.15 bits per heavy atom. The van der Waals surface area contributed by atoms with E-state index in [1.807, 2.05) is 0 Å². The first-order chi connectivity index (χ1) is 9.54. The molecule has 0 radical (unpaired) electrons. The van der Waals surface area contributed by atoms with Gasteiger partial charge in [-0.15, -0.1) is 0 Å². The van der Waals surface area contributed by atoms with E-state index in [1.54, 1.807) is 12.0 Å². The van der Waals surface area contributed by atoms with Crippen molar-refractivity contribution >= 4 is 23.3 Å². The number of nitrogens with zero attached hydrogens (tertiary/aromatic N) is 2. The molecule has 0 atom stereocenters. The van der Waals surface area contributed by atoms with Crippen molar-refractivity contribution in [1.29, 1.82) is 0 Å². The second-order valence-electron chi connectivity index (χ2n) is 4.55. The summed E-state index contributed by atoms with van der Waals surface area (Å²) in [5.74, 6) is 0.156. The van der Waals surface area contributed by atoms with Gasteiger partial charge in [0.05, 0.1) is 17.2 Å². The van der Waals surface area contributed by atoms with Crippen molar-refractivity contribution in [2.75, 3.05) is 26.0 Å². The molecule has 1 rings (SSSR count). The van der Waals surface area contributed by atoms with Gasteiger partial charge in [-0.3, -0.25) is 4.79 Å². The summed E-state index contributed by atoms with van der Waals surface area (Å²) in [7, 11) is 1.62. The van der Waals surface area contributed by atoms with Gasteiger partial charge in [0.25, 0.3) is 5.91 Å². The molecule has 0 aromatic carbocycles. The number of carbonyl (C=O) groups is 1. The number of hydrogen-bond donors (Lipinski definition) is 1. The monoisotopic (exact) mass is 299 g/mol. The summed E-state index contributed by atoms with van der Waals surface area (Å²) >= 11 is 6.06. The Hall–Kier alpha value is -1.33. The van der Waals surface area contributed by atoms with Crippen LogP contribution in [0.5, 0.6) is 0 Å². The maximum Gasteiger partial charge on any atom is 0.255 e. The third kappa shape index (κ3) is 4.08. The van der Waals surface area contributed by atoms with Gasteiger partial charge in [-0.1, -0.05) is 25.4 Å². The highest BCUT2D eigenvalue weighted by molar-refractivity contribution is 6.33. The van der Waals surface area contributed by atoms with Gasteiger partial charge in [-0.05, 0) is 18.9 Å². The minimum Gasteiger partial charge on any atom is -0.384 e. The molecule has 0 spiro atoms. The number of aromatic nitrogens is 1. The maximum atomic E-state index is 12.7. The fourth-order valence-corrected chi connectivity index (χ4v) is 2.33. The fourth-order valence-electron chi connectivity index (χ4n) is 2.14. The lowest BCUT2D eigenvalue weighted by atomic mass is 10.1. The number of halogens is 1. The topological polar surface area (TPSA) is 68.5 Å². The Morgan fingerprint density at radius 1 is 1.50 bits per heavy atom. The number of pyridine rings is 1. The van der Waals surface area contributed by atoms with Crippen molar-refractivity contribution in [3.63, 3.8) is 0 Å². The molecule has 0 fully saturated rings. The molecule has 1 aromatic rings. The Bertz CT molecular complexity index is 450. The highest BCUT2D eigenvalue weighted by Gasteiger charge is 2.24. The van der Waals surface area contributed by atoms with E-state index in [0.717, 1.165) is 12.8 Å². The van der Waals surface area contributed by atoms with Gasteiger partial charge in [0.1, 0.15) is 5.82 Å². The van der Waals surface area contributed by atoms with Gasteiger partial charge in [-0.25, -0.2) is 4.98 Å². The summed E-state index contributed by atoms with van der Waals surface area (Å²) in [6.45, 7) is 5.13. The van der Waals surface area contributed by atoms with E-state index >= 15 is 0 Å². The molecule has 1 aromatic heterocycles. The zero-order chi connectivity index (χ0) is 15.1. The third-order valence-electron chi connectivity index (χ3n) is 3.29. The number of nitrogens with two attached hydrogens (primary N) is 1. The van der Waals surface area contributed by atoms with Crippen LogP contribution in [0.3, 0.4) is 0 Å². The average Bonchev–Trinajstić information content (AvgIpc) is 2.45. The number of anilines is 1. The lowest BCUT2D eigenvalue weighted by molar-refractivity contribution is 0.0589. The molecule has 0 saturated carbocycles. The number of ether oxygens (including phenoxy) is 1. The van der Waals surface area contributed by atoms with Crippen LogP contribution in [-0.2, 0) is 4.74 Å². The minimum absolute atomic E-state index is 0.130. The van der Waals surface area contributed by atoms with Crippen molar-refractivity contribution in [3.05, 3.63) is 22.8 Å². The molecule has 0 saturated heterocycles. The predicted octanol–water partition coefficient (Wildman–Crippen LogP) is 2.59. The van der Waals surface area contributed by atoms with Crippen LogP contribution in [0.2, 0.25) is 5.02 Å². The van der Waals surface area contributed by atoms with E-state index in [9.17, 15) is 4.79 Å². The zero-order valence-corrected chi connectivity index (χ0v) is 13.0. The molecule has 0 unspecified atom stereocenters. The lowest BCUT2D eigenvalue weighted by Crippen LogP contribution is -2.42. The van der Waals surface area contributed by atoms with E-state index in [0.29, 0.717) is 23.7 Å². The van der Waals surface area contributed by atoms with Gasteiger partial charge < -0.3 is 15.4 Å². The molecule has 5 nitrogen and oxygen atoms in total. The van der Waals surface area contributed by atoms with Crippen molar-refractivity contribution in [1.82, 2.24) is 9.88 Å². The van der Waals surface area contributed by atoms with Crippen LogP contribution < -0.4 is 5.73 Å². The van der Waals surface area contributed by atoms with E-state index in [-0.39, 0.29) is 17.8 Å². The second-order valence-corrected chi connectivity index (χ2v) is 4.96. The molecule has 0 aliphatic carbocycles. The highest BCUT2D eigenvalue weighted by atomic mass is 35.5. The van der Waals surface area contributed by atoms with E-state index < -0.39 is 0 Å². The number of nitrogen functional groups attached to an aromatic ring is 1. The minimum atomic E-state index is -0.130. The average molecular weight is 300 g/mol. The first kappa shape index (κ1) is 16.7. The van der Waals surface area contributed by atoms with Crippen LogP contribution in [0.4, 0.5) is 5.82 Å². The van der Waals surface area contributed by atoms with Crippen LogP contribution in [-0.4, -0.2) is 42.1 Å². The molecule has 1 heterocycles. The van der Waals surface area contributed by atoms with Gasteiger partial charge in [0.2, 0.25) is 0 Å². The molecule has 0 bridgehead atoms. The first-order valence-corrected chi connectivity index (χ1v) is 7.13. The summed E-state index contributed by atoms with van der Waals surface area (Å²) < 4.78 is 5.09. The zero-order valence-electron chi connectivity index (χ0n) is 12.2. The van der Waals surface area contributed by atoms with Gasteiger partial charge in [0, 0.05) is 25.9 Å². The highest BCUT2D eigenvalue weighted by Crippen LogP contribution is 2.21. The summed E-state index contributed by atoms with van der Waals surface area (Å²) in [6, 6.07) is 1.68. The smallest absolute Gasteiger partial charge is 0.255 e. The molecule has 2 N–H and O–H groups in total. The second kappa shape index (κ2) is 8.07. The van der Waals surface area contributed by atoms with Crippen molar-refractivity contribution in [2.24, 2.45) is 0 Å². The number of hydrogen-bond acceptors (Lipinski definition) is 4. The Morgan fingerprint density at radius 3 is 2.70 bits per heavy atom. The van der Waals surface area contributed by atoms with Gasteiger partial charge in [0.15, 0.2) is 0 Å². The van der Waals surface area contributed by atoms with Crippen LogP contribution in [0.25, 0.3) is 0 Å². The molecule has 1 amide bonds. The molecular formula is C14H22ClN3O2. The van der Waals surface area contributed by atoms with Crippen molar-refractivity contribution in [2.45, 2.75) is 32.7 Å². The van der Waals surface area contributed by atoms with Gasteiger partial charge >= 0.3 is 0 Å². The Kier molecular flexibility index (Phi) is 6.75. The number of amides is 1. The molecule has 6 heteroatoms. The summed E-state index contributed by atoms with van der Waals surface area (Å²) in [5.41, 5.74) is 6.03. The SMILES string of the molecule is CCC(CC)N(CCOC)C(=O)c1cc(N)ncc1Cl. The van der Waals surface area contributed by atoms with Crippen LogP contribution >= 0.6 is 11.6 Å². The number of carbonyl (C=O) groups excluding carboxylic acids is 1. The fraction of sp³-hybridized carbons (Fsp3) is 0.571. The number of rotatable bonds is 7. The Labute approximate surface area is 125 Å². The van der Waals surface area contributed by atoms with E-state index in [4.69, 9.17) is 22.1 Å². The molecular weight excluding hydrogens is 278 g/mol. The summed E-state index contributed by atoms with van der Waals surface area (Å²) in [4.78, 5) is 18.4. The standard InChI is InChI=1S/C14H22ClN3O2/c1-4-10(5-2)18(6-7-20-3)14(19)11-8-13(16)17-9-12(11)15/h8-10H,4-7H2,1-3H3,(H2,16,17). The molecule has 0 aliphatic heterocycles. The van der Waals surface area contributed by atoms with Crippen LogP contribution in [0.1, 0.15) is 37.0 Å². The van der Waals surface area contributed by atoms with E-state index in [1.165, 1.54) is 12.3 Å². The van der Waals surface area contributed by atoms with Gasteiger partial charge in [-0.2, -0.15) is 0 Å².